The van der Waals surface area contributed by atoms with Gasteiger partial charge in [0.2, 0.25) is 0 Å². The summed E-state index contributed by atoms with van der Waals surface area (Å²) in [6.07, 6.45) is -1.13. The highest BCUT2D eigenvalue weighted by atomic mass is 35.5. The highest BCUT2D eigenvalue weighted by molar-refractivity contribution is 6.30. The minimum atomic E-state index is -1.13. The molecule has 3 aromatic rings. The first-order valence-corrected chi connectivity index (χ1v) is 9.07. The van der Waals surface area contributed by atoms with E-state index in [1.807, 2.05) is 0 Å². The molecular formula is C22H17ClFNO4. The lowest BCUT2D eigenvalue weighted by molar-refractivity contribution is -0.123. The lowest BCUT2D eigenvalue weighted by atomic mass is 10.0. The Labute approximate surface area is 171 Å². The monoisotopic (exact) mass is 413 g/mol. The van der Waals surface area contributed by atoms with Crippen LogP contribution in [0.3, 0.4) is 0 Å². The predicted octanol–water partition coefficient (Wildman–Crippen LogP) is 5.04. The molecule has 1 amide bonds. The smallest absolute Gasteiger partial charge is 0.338 e. The van der Waals surface area contributed by atoms with Crippen LogP contribution in [0.5, 0.6) is 5.75 Å². The number of aromatic hydroxyl groups is 1. The number of phenols is 1. The van der Waals surface area contributed by atoms with Crippen molar-refractivity contribution in [1.29, 1.82) is 0 Å². The summed E-state index contributed by atoms with van der Waals surface area (Å²) in [6.45, 7) is 1.39. The van der Waals surface area contributed by atoms with E-state index in [1.165, 1.54) is 19.1 Å². The van der Waals surface area contributed by atoms with Crippen molar-refractivity contribution < 1.29 is 23.8 Å². The van der Waals surface area contributed by atoms with Gasteiger partial charge in [-0.1, -0.05) is 35.9 Å². The number of carbonyl (C=O) groups excluding carboxylic acids is 2. The molecule has 0 saturated heterocycles. The number of ether oxygens (including phenoxy) is 1. The first-order chi connectivity index (χ1) is 13.8. The van der Waals surface area contributed by atoms with Gasteiger partial charge in [-0.25, -0.2) is 9.18 Å². The van der Waals surface area contributed by atoms with Crippen molar-refractivity contribution in [3.05, 3.63) is 83.1 Å². The highest BCUT2D eigenvalue weighted by Gasteiger charge is 2.20. The number of benzene rings is 3. The molecule has 0 bridgehead atoms. The third kappa shape index (κ3) is 5.12. The van der Waals surface area contributed by atoms with Crippen LogP contribution < -0.4 is 5.32 Å². The van der Waals surface area contributed by atoms with Crippen molar-refractivity contribution in [3.63, 3.8) is 0 Å². The van der Waals surface area contributed by atoms with Crippen LogP contribution in [0.4, 0.5) is 10.1 Å². The number of amides is 1. The quantitative estimate of drug-likeness (QED) is 0.575. The largest absolute Gasteiger partial charge is 0.508 e. The van der Waals surface area contributed by atoms with Gasteiger partial charge >= 0.3 is 5.97 Å². The maximum atomic E-state index is 13.8. The predicted molar refractivity (Wildman–Crippen MR) is 108 cm³/mol. The molecule has 3 rings (SSSR count). The first-order valence-electron chi connectivity index (χ1n) is 8.70. The molecule has 0 heterocycles. The minimum Gasteiger partial charge on any atom is -0.508 e. The van der Waals surface area contributed by atoms with Gasteiger partial charge < -0.3 is 15.2 Å². The van der Waals surface area contributed by atoms with E-state index < -0.39 is 23.8 Å². The van der Waals surface area contributed by atoms with Gasteiger partial charge in [0, 0.05) is 5.02 Å². The topological polar surface area (TPSA) is 75.6 Å². The average molecular weight is 414 g/mol. The van der Waals surface area contributed by atoms with Gasteiger partial charge in [0.25, 0.3) is 5.91 Å². The molecule has 1 atom stereocenters. The molecule has 0 spiro atoms. The number of carbonyl (C=O) groups is 2. The summed E-state index contributed by atoms with van der Waals surface area (Å²) < 4.78 is 18.9. The Morgan fingerprint density at radius 3 is 2.17 bits per heavy atom. The molecule has 148 valence electrons. The molecular weight excluding hydrogens is 397 g/mol. The van der Waals surface area contributed by atoms with Crippen LogP contribution in [0, 0.1) is 5.82 Å². The second-order valence-corrected chi connectivity index (χ2v) is 6.72. The normalized spacial score (nSPS) is 11.6. The Kier molecular flexibility index (Phi) is 6.14. The summed E-state index contributed by atoms with van der Waals surface area (Å²) >= 11 is 5.68. The zero-order chi connectivity index (χ0) is 21.0. The van der Waals surface area contributed by atoms with Gasteiger partial charge in [-0.3, -0.25) is 4.79 Å². The van der Waals surface area contributed by atoms with E-state index in [-0.39, 0.29) is 22.0 Å². The zero-order valence-electron chi connectivity index (χ0n) is 15.4. The number of rotatable bonds is 5. The van der Waals surface area contributed by atoms with Crippen LogP contribution in [-0.2, 0) is 9.53 Å². The standard InChI is InChI=1S/C22H17ClFNO4/c1-13(21(27)25-20-11-8-17(23)12-19(20)24)29-22(28)16-4-2-14(3-5-16)15-6-9-18(26)10-7-15/h2-13,26H,1H3,(H,25,27)/t13-/m1/s1. The fraction of sp³-hybridized carbons (Fsp3) is 0.0909. The van der Waals surface area contributed by atoms with Gasteiger partial charge in [-0.05, 0) is 60.5 Å². The van der Waals surface area contributed by atoms with Crippen molar-refractivity contribution in [2.24, 2.45) is 0 Å². The number of nitrogens with one attached hydrogen (secondary N) is 1. The van der Waals surface area contributed by atoms with Crippen molar-refractivity contribution in [2.75, 3.05) is 5.32 Å². The third-order valence-corrected chi connectivity index (χ3v) is 4.40. The van der Waals surface area contributed by atoms with E-state index in [0.29, 0.717) is 0 Å². The van der Waals surface area contributed by atoms with E-state index in [1.54, 1.807) is 48.5 Å². The van der Waals surface area contributed by atoms with Crippen molar-refractivity contribution >= 4 is 29.2 Å². The number of esters is 1. The second kappa shape index (κ2) is 8.75. The summed E-state index contributed by atoms with van der Waals surface area (Å²) in [7, 11) is 0. The molecule has 0 unspecified atom stereocenters. The van der Waals surface area contributed by atoms with Crippen LogP contribution >= 0.6 is 11.6 Å². The van der Waals surface area contributed by atoms with Gasteiger partial charge in [0.05, 0.1) is 11.3 Å². The summed E-state index contributed by atoms with van der Waals surface area (Å²) in [5.41, 5.74) is 1.94. The van der Waals surface area contributed by atoms with E-state index in [2.05, 4.69) is 5.32 Å². The van der Waals surface area contributed by atoms with Crippen LogP contribution in [0.25, 0.3) is 11.1 Å². The van der Waals surface area contributed by atoms with Crippen molar-refractivity contribution in [2.45, 2.75) is 13.0 Å². The molecule has 0 aromatic heterocycles. The Morgan fingerprint density at radius 2 is 1.59 bits per heavy atom. The molecule has 0 aliphatic carbocycles. The number of anilines is 1. The number of hydrogen-bond acceptors (Lipinski definition) is 4. The van der Waals surface area contributed by atoms with E-state index in [0.717, 1.165) is 17.2 Å². The summed E-state index contributed by atoms with van der Waals surface area (Å²) in [5, 5.41) is 11.9. The van der Waals surface area contributed by atoms with Crippen molar-refractivity contribution in [3.8, 4) is 16.9 Å². The SMILES string of the molecule is C[C@@H](OC(=O)c1ccc(-c2ccc(O)cc2)cc1)C(=O)Nc1ccc(Cl)cc1F. The molecule has 0 fully saturated rings. The zero-order valence-corrected chi connectivity index (χ0v) is 16.1. The minimum absolute atomic E-state index is 0.0550. The van der Waals surface area contributed by atoms with E-state index >= 15 is 0 Å². The molecule has 5 nitrogen and oxygen atoms in total. The molecule has 0 aliphatic rings. The molecule has 29 heavy (non-hydrogen) atoms. The van der Waals surface area contributed by atoms with E-state index in [4.69, 9.17) is 16.3 Å². The fourth-order valence-corrected chi connectivity index (χ4v) is 2.72. The Morgan fingerprint density at radius 1 is 1.00 bits per heavy atom. The summed E-state index contributed by atoms with van der Waals surface area (Å²) in [5.74, 6) is -1.87. The van der Waals surface area contributed by atoms with Gasteiger partial charge in [0.1, 0.15) is 11.6 Å². The fourth-order valence-electron chi connectivity index (χ4n) is 2.56. The summed E-state index contributed by atoms with van der Waals surface area (Å²) in [4.78, 5) is 24.5. The van der Waals surface area contributed by atoms with Crippen molar-refractivity contribution in [1.82, 2.24) is 0 Å². The maximum Gasteiger partial charge on any atom is 0.338 e. The molecule has 0 radical (unpaired) electrons. The second-order valence-electron chi connectivity index (χ2n) is 6.29. The van der Waals surface area contributed by atoms with E-state index in [9.17, 15) is 19.1 Å². The number of halogens is 2. The summed E-state index contributed by atoms with van der Waals surface area (Å²) in [6, 6.07) is 17.1. The lowest BCUT2D eigenvalue weighted by Crippen LogP contribution is -2.30. The van der Waals surface area contributed by atoms with Crippen LogP contribution in [0.15, 0.2) is 66.7 Å². The van der Waals surface area contributed by atoms with Gasteiger partial charge in [-0.2, -0.15) is 0 Å². The highest BCUT2D eigenvalue weighted by Crippen LogP contribution is 2.23. The molecule has 2 N–H and O–H groups in total. The van der Waals surface area contributed by atoms with Crippen LogP contribution in [-0.4, -0.2) is 23.1 Å². The van der Waals surface area contributed by atoms with Gasteiger partial charge in [0.15, 0.2) is 6.10 Å². The van der Waals surface area contributed by atoms with Crippen LogP contribution in [0.2, 0.25) is 5.02 Å². The van der Waals surface area contributed by atoms with Crippen LogP contribution in [0.1, 0.15) is 17.3 Å². The Balaban J connectivity index is 1.62. The molecule has 3 aromatic carbocycles. The van der Waals surface area contributed by atoms with Gasteiger partial charge in [-0.15, -0.1) is 0 Å². The Hall–Kier alpha value is -3.38. The number of phenolic OH excluding ortho intramolecular Hbond substituents is 1. The maximum absolute atomic E-state index is 13.8. The molecule has 0 aliphatic heterocycles. The first kappa shape index (κ1) is 20.4. The molecule has 0 saturated carbocycles. The number of hydrogen-bond donors (Lipinski definition) is 2. The lowest BCUT2D eigenvalue weighted by Gasteiger charge is -2.14. The third-order valence-electron chi connectivity index (χ3n) is 4.16. The average Bonchev–Trinajstić information content (AvgIpc) is 2.70. The molecule has 7 heteroatoms. The Bertz CT molecular complexity index is 1040.